The van der Waals surface area contributed by atoms with Crippen LogP contribution in [0, 0.1) is 0 Å². The van der Waals surface area contributed by atoms with E-state index in [0.717, 1.165) is 0 Å². The normalized spacial score (nSPS) is 9.33. The Morgan fingerprint density at radius 1 is 0.933 bits per heavy atom. The van der Waals surface area contributed by atoms with Crippen LogP contribution in [0.15, 0.2) is 9.59 Å². The Balaban J connectivity index is 0.000000583. The fourth-order valence-corrected chi connectivity index (χ4v) is 0.901. The topological polar surface area (TPSA) is 72.8 Å². The van der Waals surface area contributed by atoms with Gasteiger partial charge in [-0.25, -0.2) is 0 Å². The molecule has 0 unspecified atom stereocenters. The average molecular weight is 216 g/mol. The first-order chi connectivity index (χ1) is 7.13. The van der Waals surface area contributed by atoms with Gasteiger partial charge in [-0.3, -0.25) is 9.59 Å². The van der Waals surface area contributed by atoms with Gasteiger partial charge in [-0.05, 0) is 20.8 Å². The fraction of sp³-hybridized carbons (Fsp3) is 0.600. The van der Waals surface area contributed by atoms with Crippen LogP contribution < -0.4 is 20.3 Å². The first kappa shape index (κ1) is 13.6. The van der Waals surface area contributed by atoms with Gasteiger partial charge < -0.3 is 14.6 Å². The lowest BCUT2D eigenvalue weighted by Gasteiger charge is -2.10. The van der Waals surface area contributed by atoms with Crippen LogP contribution in [0.5, 0.6) is 11.5 Å². The Kier molecular flexibility index (Phi) is 6.37. The van der Waals surface area contributed by atoms with Gasteiger partial charge in [0.2, 0.25) is 11.5 Å². The van der Waals surface area contributed by atoms with Gasteiger partial charge in [0.15, 0.2) is 0 Å². The zero-order valence-corrected chi connectivity index (χ0v) is 9.20. The minimum absolute atomic E-state index is 0.0735. The summed E-state index contributed by atoms with van der Waals surface area (Å²) >= 11 is 0. The maximum atomic E-state index is 10.8. The third-order valence-corrected chi connectivity index (χ3v) is 1.40. The molecule has 0 aliphatic rings. The zero-order chi connectivity index (χ0) is 11.8. The molecule has 1 aromatic rings. The van der Waals surface area contributed by atoms with Gasteiger partial charge in [-0.1, -0.05) is 0 Å². The lowest BCUT2D eigenvalue weighted by atomic mass is 10.2. The molecule has 0 aliphatic carbocycles. The van der Waals surface area contributed by atoms with E-state index in [4.69, 9.17) is 14.6 Å². The first-order valence-electron chi connectivity index (χ1n) is 4.83. The molecule has 0 heterocycles. The summed E-state index contributed by atoms with van der Waals surface area (Å²) in [5.74, 6) is 0.147. The molecule has 0 fully saturated rings. The second kappa shape index (κ2) is 7.00. The van der Waals surface area contributed by atoms with Crippen molar-refractivity contribution >= 4 is 0 Å². The lowest BCUT2D eigenvalue weighted by molar-refractivity contribution is 0.274. The van der Waals surface area contributed by atoms with Crippen LogP contribution in [0.25, 0.3) is 0 Å². The minimum Gasteiger partial charge on any atom is -0.486 e. The van der Waals surface area contributed by atoms with Crippen LogP contribution in [0.3, 0.4) is 0 Å². The Bertz CT molecular complexity index is 315. The second-order valence-corrected chi connectivity index (χ2v) is 2.50. The Labute approximate surface area is 88.0 Å². The molecule has 0 amide bonds. The van der Waals surface area contributed by atoms with Crippen LogP contribution in [-0.2, 0) is 0 Å². The Hall–Kier alpha value is -1.36. The molecule has 0 spiro atoms. The molecule has 15 heavy (non-hydrogen) atoms. The Morgan fingerprint density at radius 2 is 1.20 bits per heavy atom. The fourth-order valence-electron chi connectivity index (χ4n) is 0.901. The molecule has 0 aromatic heterocycles. The summed E-state index contributed by atoms with van der Waals surface area (Å²) in [5, 5.41) is 7.57. The molecule has 0 bridgehead atoms. The molecule has 0 aliphatic heterocycles. The number of aliphatic hydroxyl groups is 1. The van der Waals surface area contributed by atoms with Crippen molar-refractivity contribution in [2.45, 2.75) is 20.8 Å². The van der Waals surface area contributed by atoms with Crippen molar-refractivity contribution in [1.29, 1.82) is 0 Å². The van der Waals surface area contributed by atoms with Crippen molar-refractivity contribution in [1.82, 2.24) is 0 Å². The quantitative estimate of drug-likeness (QED) is 0.721. The van der Waals surface area contributed by atoms with Crippen LogP contribution in [0.2, 0.25) is 0 Å². The molecule has 1 aromatic carbocycles. The van der Waals surface area contributed by atoms with Gasteiger partial charge in [0.25, 0.3) is 10.9 Å². The van der Waals surface area contributed by atoms with Crippen LogP contribution in [0.1, 0.15) is 20.8 Å². The van der Waals surface area contributed by atoms with Crippen LogP contribution in [0.4, 0.5) is 0 Å². The summed E-state index contributed by atoms with van der Waals surface area (Å²) in [6.45, 7) is 6.15. The highest BCUT2D eigenvalue weighted by molar-refractivity contribution is 5.45. The first-order valence-corrected chi connectivity index (χ1v) is 4.83. The van der Waals surface area contributed by atoms with Gasteiger partial charge in [-0.2, -0.15) is 0 Å². The van der Waals surface area contributed by atoms with E-state index in [1.54, 1.807) is 20.8 Å². The number of ether oxygens (including phenoxy) is 2. The van der Waals surface area contributed by atoms with Crippen molar-refractivity contribution in [3.63, 3.8) is 0 Å². The summed E-state index contributed by atoms with van der Waals surface area (Å²) in [6, 6.07) is 0. The molecule has 0 atom stereocenters. The molecule has 1 N–H and O–H groups in total. The highest BCUT2D eigenvalue weighted by Crippen LogP contribution is 2.19. The van der Waals surface area contributed by atoms with Crippen molar-refractivity contribution in [2.75, 3.05) is 19.8 Å². The summed E-state index contributed by atoms with van der Waals surface area (Å²) in [5.41, 5.74) is -1.17. The smallest absolute Gasteiger partial charge is 0.275 e. The van der Waals surface area contributed by atoms with E-state index in [0.29, 0.717) is 13.2 Å². The summed E-state index contributed by atoms with van der Waals surface area (Å²) in [6.07, 6.45) is 0. The molecular formula is C10H16O5. The highest BCUT2D eigenvalue weighted by atomic mass is 16.5. The minimum atomic E-state index is -0.583. The van der Waals surface area contributed by atoms with E-state index in [2.05, 4.69) is 0 Å². The molecule has 5 nitrogen and oxygen atoms in total. The highest BCUT2D eigenvalue weighted by Gasteiger charge is 2.23. The van der Waals surface area contributed by atoms with Crippen molar-refractivity contribution in [3.05, 3.63) is 20.4 Å². The lowest BCUT2D eigenvalue weighted by Crippen LogP contribution is -2.34. The third kappa shape index (κ3) is 3.36. The standard InChI is InChI=1S/C8H10O4.C2H6O/c1-3-11-7-5(9)6(10)8(7)12-4-2;1-2-3/h3-4H2,1-2H3;3H,2H2,1H3. The summed E-state index contributed by atoms with van der Waals surface area (Å²) < 4.78 is 9.82. The van der Waals surface area contributed by atoms with E-state index in [9.17, 15) is 9.59 Å². The second-order valence-electron chi connectivity index (χ2n) is 2.50. The molecule has 0 saturated carbocycles. The van der Waals surface area contributed by atoms with Crippen molar-refractivity contribution in [3.8, 4) is 11.5 Å². The van der Waals surface area contributed by atoms with Gasteiger partial charge in [-0.15, -0.1) is 0 Å². The van der Waals surface area contributed by atoms with E-state index < -0.39 is 10.9 Å². The summed E-state index contributed by atoms with van der Waals surface area (Å²) in [4.78, 5) is 21.6. The maximum Gasteiger partial charge on any atom is 0.275 e. The van der Waals surface area contributed by atoms with E-state index in [1.807, 2.05) is 0 Å². The predicted molar refractivity (Wildman–Crippen MR) is 56.5 cm³/mol. The third-order valence-electron chi connectivity index (χ3n) is 1.40. The Morgan fingerprint density at radius 3 is 1.40 bits per heavy atom. The van der Waals surface area contributed by atoms with Crippen molar-refractivity contribution < 1.29 is 14.6 Å². The molecular weight excluding hydrogens is 200 g/mol. The van der Waals surface area contributed by atoms with Gasteiger partial charge in [0, 0.05) is 6.61 Å². The number of aliphatic hydroxyl groups excluding tert-OH is 1. The van der Waals surface area contributed by atoms with E-state index in [-0.39, 0.29) is 18.1 Å². The van der Waals surface area contributed by atoms with Crippen LogP contribution >= 0.6 is 0 Å². The van der Waals surface area contributed by atoms with Crippen LogP contribution in [-0.4, -0.2) is 24.9 Å². The SMILES string of the molecule is CCO.CCOc1c(OCC)c(=O)c1=O. The number of hydrogen-bond donors (Lipinski definition) is 1. The maximum absolute atomic E-state index is 10.8. The number of hydrogen-bond acceptors (Lipinski definition) is 5. The van der Waals surface area contributed by atoms with Crippen molar-refractivity contribution in [2.24, 2.45) is 0 Å². The monoisotopic (exact) mass is 216 g/mol. The molecule has 5 heteroatoms. The predicted octanol–water partition coefficient (Wildman–Crippen LogP) is 0.0786. The summed E-state index contributed by atoms with van der Waals surface area (Å²) in [7, 11) is 0. The number of rotatable bonds is 4. The van der Waals surface area contributed by atoms with Gasteiger partial charge in [0.1, 0.15) is 0 Å². The average Bonchev–Trinajstić information content (AvgIpc) is 2.24. The molecule has 0 radical (unpaired) electrons. The molecule has 0 saturated heterocycles. The zero-order valence-electron chi connectivity index (χ0n) is 9.20. The van der Waals surface area contributed by atoms with Gasteiger partial charge in [0.05, 0.1) is 13.2 Å². The molecule has 86 valence electrons. The molecule has 1 rings (SSSR count). The largest absolute Gasteiger partial charge is 0.486 e. The van der Waals surface area contributed by atoms with Gasteiger partial charge >= 0.3 is 0 Å². The van der Waals surface area contributed by atoms with E-state index in [1.165, 1.54) is 0 Å². The van der Waals surface area contributed by atoms with E-state index >= 15 is 0 Å².